The van der Waals surface area contributed by atoms with E-state index in [1.54, 1.807) is 0 Å². The predicted octanol–water partition coefficient (Wildman–Crippen LogP) is 2.84. The minimum Gasteiger partial charge on any atom is -0.315 e. The van der Waals surface area contributed by atoms with Gasteiger partial charge in [0.1, 0.15) is 0 Å². The van der Waals surface area contributed by atoms with Crippen LogP contribution in [0.25, 0.3) is 0 Å². The fraction of sp³-hybridized carbons (Fsp3) is 0.455. The van der Waals surface area contributed by atoms with E-state index in [1.807, 2.05) is 18.2 Å². The third kappa shape index (κ3) is 3.87. The first-order chi connectivity index (χ1) is 6.88. The van der Waals surface area contributed by atoms with Crippen LogP contribution in [0.15, 0.2) is 30.3 Å². The number of rotatable bonds is 6. The number of benzene rings is 1. The first-order valence-corrected chi connectivity index (χ1v) is 5.83. The van der Waals surface area contributed by atoms with Gasteiger partial charge in [0.2, 0.25) is 0 Å². The molecule has 3 heteroatoms. The van der Waals surface area contributed by atoms with Crippen LogP contribution in [0.2, 0.25) is 0 Å². The second-order valence-corrected chi connectivity index (χ2v) is 3.84. The SMILES string of the molecule is ClCCNCC(CCl)c1ccccc1. The normalized spacial score (nSPS) is 12.7. The number of hydrogen-bond donors (Lipinski definition) is 1. The molecule has 0 aliphatic heterocycles. The maximum absolute atomic E-state index is 5.91. The number of alkyl halides is 2. The van der Waals surface area contributed by atoms with Crippen LogP contribution in [0.5, 0.6) is 0 Å². The molecule has 0 radical (unpaired) electrons. The number of nitrogens with one attached hydrogen (secondary N) is 1. The van der Waals surface area contributed by atoms with Crippen LogP contribution in [-0.4, -0.2) is 24.8 Å². The summed E-state index contributed by atoms with van der Waals surface area (Å²) in [6.07, 6.45) is 0. The van der Waals surface area contributed by atoms with Crippen LogP contribution in [0.4, 0.5) is 0 Å². The van der Waals surface area contributed by atoms with E-state index in [9.17, 15) is 0 Å². The summed E-state index contributed by atoms with van der Waals surface area (Å²) in [6.45, 7) is 1.72. The second-order valence-electron chi connectivity index (χ2n) is 3.16. The van der Waals surface area contributed by atoms with Gasteiger partial charge < -0.3 is 5.32 Å². The topological polar surface area (TPSA) is 12.0 Å². The van der Waals surface area contributed by atoms with E-state index < -0.39 is 0 Å². The van der Waals surface area contributed by atoms with Crippen molar-refractivity contribution in [3.05, 3.63) is 35.9 Å². The van der Waals surface area contributed by atoms with Crippen LogP contribution in [0, 0.1) is 0 Å². The molecule has 1 unspecified atom stereocenters. The summed E-state index contributed by atoms with van der Waals surface area (Å²) in [5.41, 5.74) is 1.28. The van der Waals surface area contributed by atoms with E-state index in [0.717, 1.165) is 13.1 Å². The van der Waals surface area contributed by atoms with Gasteiger partial charge in [0, 0.05) is 30.8 Å². The van der Waals surface area contributed by atoms with Gasteiger partial charge in [-0.2, -0.15) is 0 Å². The lowest BCUT2D eigenvalue weighted by molar-refractivity contribution is 0.640. The van der Waals surface area contributed by atoms with Crippen molar-refractivity contribution in [2.75, 3.05) is 24.8 Å². The Balaban J connectivity index is 2.46. The standard InChI is InChI=1S/C11H15Cl2N/c12-6-7-14-9-11(8-13)10-4-2-1-3-5-10/h1-5,11,14H,6-9H2. The Morgan fingerprint density at radius 1 is 1.14 bits per heavy atom. The molecule has 0 fully saturated rings. The Hall–Kier alpha value is -0.240. The largest absolute Gasteiger partial charge is 0.315 e. The summed E-state index contributed by atoms with van der Waals surface area (Å²) < 4.78 is 0. The maximum atomic E-state index is 5.91. The predicted molar refractivity (Wildman–Crippen MR) is 63.5 cm³/mol. The maximum Gasteiger partial charge on any atom is 0.0348 e. The fourth-order valence-corrected chi connectivity index (χ4v) is 1.75. The first kappa shape index (κ1) is 11.8. The van der Waals surface area contributed by atoms with Crippen molar-refractivity contribution in [3.63, 3.8) is 0 Å². The van der Waals surface area contributed by atoms with E-state index in [0.29, 0.717) is 17.7 Å². The van der Waals surface area contributed by atoms with E-state index in [4.69, 9.17) is 23.2 Å². The van der Waals surface area contributed by atoms with E-state index in [1.165, 1.54) is 5.56 Å². The third-order valence-corrected chi connectivity index (χ3v) is 2.68. The van der Waals surface area contributed by atoms with Gasteiger partial charge in [0.05, 0.1) is 0 Å². The van der Waals surface area contributed by atoms with Gasteiger partial charge in [0.25, 0.3) is 0 Å². The van der Waals surface area contributed by atoms with Crippen molar-refractivity contribution >= 4 is 23.2 Å². The van der Waals surface area contributed by atoms with Crippen molar-refractivity contribution in [3.8, 4) is 0 Å². The molecular formula is C11H15Cl2N. The molecule has 14 heavy (non-hydrogen) atoms. The van der Waals surface area contributed by atoms with Gasteiger partial charge in [0.15, 0.2) is 0 Å². The minimum atomic E-state index is 0.376. The first-order valence-electron chi connectivity index (χ1n) is 4.76. The minimum absolute atomic E-state index is 0.376. The molecule has 1 rings (SSSR count). The average Bonchev–Trinajstić information content (AvgIpc) is 2.26. The molecule has 0 heterocycles. The highest BCUT2D eigenvalue weighted by Gasteiger charge is 2.08. The molecule has 78 valence electrons. The smallest absolute Gasteiger partial charge is 0.0348 e. The molecule has 1 nitrogen and oxygen atoms in total. The van der Waals surface area contributed by atoms with E-state index in [-0.39, 0.29) is 0 Å². The van der Waals surface area contributed by atoms with Crippen LogP contribution < -0.4 is 5.32 Å². The van der Waals surface area contributed by atoms with Crippen LogP contribution in [-0.2, 0) is 0 Å². The zero-order valence-electron chi connectivity index (χ0n) is 8.05. The van der Waals surface area contributed by atoms with Gasteiger partial charge in [-0.05, 0) is 5.56 Å². The zero-order valence-corrected chi connectivity index (χ0v) is 9.56. The lowest BCUT2D eigenvalue weighted by Gasteiger charge is -2.14. The molecule has 0 aromatic heterocycles. The molecule has 0 bridgehead atoms. The van der Waals surface area contributed by atoms with Gasteiger partial charge >= 0.3 is 0 Å². The quantitative estimate of drug-likeness (QED) is 0.587. The van der Waals surface area contributed by atoms with Gasteiger partial charge in [-0.1, -0.05) is 30.3 Å². The summed E-state index contributed by atoms with van der Waals surface area (Å²) in [5.74, 6) is 1.66. The Kier molecular flexibility index (Phi) is 6.00. The molecule has 1 atom stereocenters. The average molecular weight is 232 g/mol. The summed E-state index contributed by atoms with van der Waals surface area (Å²) in [4.78, 5) is 0. The Morgan fingerprint density at radius 2 is 1.86 bits per heavy atom. The lowest BCUT2D eigenvalue weighted by Crippen LogP contribution is -2.24. The molecule has 1 aromatic rings. The Morgan fingerprint density at radius 3 is 2.43 bits per heavy atom. The van der Waals surface area contributed by atoms with Crippen molar-refractivity contribution in [2.45, 2.75) is 5.92 Å². The summed E-state index contributed by atoms with van der Waals surface area (Å²) in [7, 11) is 0. The zero-order chi connectivity index (χ0) is 10.2. The monoisotopic (exact) mass is 231 g/mol. The van der Waals surface area contributed by atoms with Crippen LogP contribution >= 0.6 is 23.2 Å². The second kappa shape index (κ2) is 7.10. The van der Waals surface area contributed by atoms with E-state index in [2.05, 4.69) is 17.4 Å². The number of hydrogen-bond acceptors (Lipinski definition) is 1. The fourth-order valence-electron chi connectivity index (χ4n) is 1.33. The molecule has 0 amide bonds. The molecule has 1 N–H and O–H groups in total. The summed E-state index contributed by atoms with van der Waals surface area (Å²) in [6, 6.07) is 10.3. The highest BCUT2D eigenvalue weighted by molar-refractivity contribution is 6.18. The number of halogens is 2. The van der Waals surface area contributed by atoms with Crippen molar-refractivity contribution in [2.24, 2.45) is 0 Å². The molecule has 0 saturated carbocycles. The van der Waals surface area contributed by atoms with Crippen molar-refractivity contribution in [1.82, 2.24) is 5.32 Å². The molecule has 0 aliphatic rings. The van der Waals surface area contributed by atoms with Gasteiger partial charge in [-0.25, -0.2) is 0 Å². The van der Waals surface area contributed by atoms with Crippen LogP contribution in [0.3, 0.4) is 0 Å². The lowest BCUT2D eigenvalue weighted by atomic mass is 10.0. The molecule has 0 aliphatic carbocycles. The summed E-state index contributed by atoms with van der Waals surface area (Å²) >= 11 is 11.5. The van der Waals surface area contributed by atoms with Crippen molar-refractivity contribution in [1.29, 1.82) is 0 Å². The highest BCUT2D eigenvalue weighted by atomic mass is 35.5. The molecule has 0 spiro atoms. The third-order valence-electron chi connectivity index (χ3n) is 2.12. The van der Waals surface area contributed by atoms with E-state index >= 15 is 0 Å². The summed E-state index contributed by atoms with van der Waals surface area (Å²) in [5, 5.41) is 3.27. The molecule has 0 saturated heterocycles. The van der Waals surface area contributed by atoms with Gasteiger partial charge in [-0.15, -0.1) is 23.2 Å². The highest BCUT2D eigenvalue weighted by Crippen LogP contribution is 2.15. The Labute approximate surface area is 95.4 Å². The Bertz CT molecular complexity index is 238. The molecular weight excluding hydrogens is 217 g/mol. The van der Waals surface area contributed by atoms with Crippen molar-refractivity contribution < 1.29 is 0 Å². The van der Waals surface area contributed by atoms with Crippen LogP contribution in [0.1, 0.15) is 11.5 Å². The molecule has 1 aromatic carbocycles. The van der Waals surface area contributed by atoms with Gasteiger partial charge in [-0.3, -0.25) is 0 Å².